The zero-order valence-electron chi connectivity index (χ0n) is 16.5. The second-order valence-corrected chi connectivity index (χ2v) is 7.58. The van der Waals surface area contributed by atoms with Crippen LogP contribution in [0.25, 0.3) is 17.1 Å². The largest absolute Gasteiger partial charge is 0.355 e. The Morgan fingerprint density at radius 1 is 1.11 bits per heavy atom. The van der Waals surface area contributed by atoms with Crippen LogP contribution in [0, 0.1) is 13.8 Å². The van der Waals surface area contributed by atoms with Crippen molar-refractivity contribution in [2.45, 2.75) is 38.8 Å². The van der Waals surface area contributed by atoms with Crippen LogP contribution in [0.4, 0.5) is 0 Å². The molecule has 0 unspecified atom stereocenters. The molecule has 0 bridgehead atoms. The molecule has 2 aromatic heterocycles. The third-order valence-corrected chi connectivity index (χ3v) is 5.43. The van der Waals surface area contributed by atoms with Crippen LogP contribution in [-0.4, -0.2) is 38.0 Å². The second-order valence-electron chi connectivity index (χ2n) is 6.64. The number of benzene rings is 1. The maximum absolute atomic E-state index is 12.1. The number of carbonyl (C=O) groups is 1. The molecule has 0 aliphatic rings. The molecule has 0 fully saturated rings. The molecule has 0 radical (unpaired) electrons. The first-order chi connectivity index (χ1) is 13.6. The molecular formula is C21H25N5OS. The Bertz CT molecular complexity index is 939. The molecule has 1 aromatic carbocycles. The number of nitrogens with one attached hydrogen (secondary N) is 1. The van der Waals surface area contributed by atoms with Gasteiger partial charge in [-0.25, -0.2) is 0 Å². The van der Waals surface area contributed by atoms with Gasteiger partial charge in [0.25, 0.3) is 0 Å². The van der Waals surface area contributed by atoms with Crippen LogP contribution in [0.3, 0.4) is 0 Å². The first-order valence-corrected chi connectivity index (χ1v) is 10.4. The number of amides is 1. The summed E-state index contributed by atoms with van der Waals surface area (Å²) in [7, 11) is 0. The highest BCUT2D eigenvalue weighted by atomic mass is 32.2. The highest BCUT2D eigenvalue weighted by molar-refractivity contribution is 7.99. The van der Waals surface area contributed by atoms with Crippen molar-refractivity contribution in [1.82, 2.24) is 25.1 Å². The van der Waals surface area contributed by atoms with Gasteiger partial charge >= 0.3 is 0 Å². The summed E-state index contributed by atoms with van der Waals surface area (Å²) < 4.78 is 2.01. The average molecular weight is 396 g/mol. The second kappa shape index (κ2) is 9.50. The summed E-state index contributed by atoms with van der Waals surface area (Å²) >= 11 is 1.40. The maximum atomic E-state index is 12.1. The monoisotopic (exact) mass is 395 g/mol. The van der Waals surface area contributed by atoms with E-state index in [0.29, 0.717) is 17.5 Å². The van der Waals surface area contributed by atoms with E-state index in [4.69, 9.17) is 0 Å². The van der Waals surface area contributed by atoms with Gasteiger partial charge in [-0.2, -0.15) is 0 Å². The number of nitrogens with zero attached hydrogens (tertiary/aromatic N) is 4. The van der Waals surface area contributed by atoms with Crippen LogP contribution in [0.1, 0.15) is 30.9 Å². The normalized spacial score (nSPS) is 10.8. The molecule has 3 rings (SSSR count). The highest BCUT2D eigenvalue weighted by Gasteiger charge is 2.17. The molecule has 1 amide bonds. The average Bonchev–Trinajstić information content (AvgIpc) is 3.13. The van der Waals surface area contributed by atoms with Gasteiger partial charge in [-0.05, 0) is 55.7 Å². The van der Waals surface area contributed by atoms with E-state index >= 15 is 0 Å². The summed E-state index contributed by atoms with van der Waals surface area (Å²) in [4.78, 5) is 16.2. The Morgan fingerprint density at radius 2 is 1.89 bits per heavy atom. The van der Waals surface area contributed by atoms with E-state index in [1.807, 2.05) is 16.7 Å². The topological polar surface area (TPSA) is 72.7 Å². The number of carbonyl (C=O) groups excluding carboxylic acids is 1. The van der Waals surface area contributed by atoms with Crippen molar-refractivity contribution in [2.75, 3.05) is 12.3 Å². The Morgan fingerprint density at radius 3 is 2.61 bits per heavy atom. The lowest BCUT2D eigenvalue weighted by molar-refractivity contribution is -0.118. The van der Waals surface area contributed by atoms with Gasteiger partial charge in [0.05, 0.1) is 11.4 Å². The summed E-state index contributed by atoms with van der Waals surface area (Å²) in [6.45, 7) is 6.99. The molecule has 1 N–H and O–H groups in total. The minimum absolute atomic E-state index is 0.0125. The van der Waals surface area contributed by atoms with Crippen molar-refractivity contribution in [1.29, 1.82) is 0 Å². The molecule has 2 heterocycles. The fraction of sp³-hybridized carbons (Fsp3) is 0.333. The number of rotatable bonds is 8. The molecule has 146 valence electrons. The number of unbranched alkanes of at least 4 members (excludes halogenated alkanes) is 1. The van der Waals surface area contributed by atoms with Crippen LogP contribution in [-0.2, 0) is 4.79 Å². The molecule has 0 aliphatic heterocycles. The van der Waals surface area contributed by atoms with Gasteiger partial charge in [0.15, 0.2) is 11.0 Å². The summed E-state index contributed by atoms with van der Waals surface area (Å²) in [6, 6.07) is 10.1. The Labute approximate surface area is 169 Å². The molecule has 0 saturated carbocycles. The Hall–Kier alpha value is -2.67. The third-order valence-electron chi connectivity index (χ3n) is 4.51. The predicted molar refractivity (Wildman–Crippen MR) is 113 cm³/mol. The predicted octanol–water partition coefficient (Wildman–Crippen LogP) is 3.95. The number of pyridine rings is 1. The van der Waals surface area contributed by atoms with Crippen LogP contribution < -0.4 is 5.32 Å². The van der Waals surface area contributed by atoms with Gasteiger partial charge in [-0.15, -0.1) is 10.2 Å². The molecule has 0 saturated heterocycles. The maximum Gasteiger partial charge on any atom is 0.230 e. The van der Waals surface area contributed by atoms with E-state index < -0.39 is 0 Å². The zero-order chi connectivity index (χ0) is 19.9. The van der Waals surface area contributed by atoms with Crippen LogP contribution >= 0.6 is 11.8 Å². The van der Waals surface area contributed by atoms with Crippen molar-refractivity contribution in [3.63, 3.8) is 0 Å². The Balaban J connectivity index is 1.91. The molecule has 28 heavy (non-hydrogen) atoms. The standard InChI is InChI=1S/C21H25N5OS/c1-4-5-10-23-19(27)14-28-21-25-24-20(17-8-11-22-12-9-17)26(21)18-7-6-15(2)16(3)13-18/h6-9,11-13H,4-5,10,14H2,1-3H3,(H,23,27). The van der Waals surface area contributed by atoms with Gasteiger partial charge < -0.3 is 5.32 Å². The van der Waals surface area contributed by atoms with Crippen molar-refractivity contribution in [3.05, 3.63) is 53.9 Å². The molecule has 3 aromatic rings. The van der Waals surface area contributed by atoms with Gasteiger partial charge in [0.2, 0.25) is 5.91 Å². The van der Waals surface area contributed by atoms with Crippen molar-refractivity contribution in [3.8, 4) is 17.1 Å². The summed E-state index contributed by atoms with van der Waals surface area (Å²) in [6.07, 6.45) is 5.52. The molecule has 0 atom stereocenters. The molecule has 0 aliphatic carbocycles. The van der Waals surface area contributed by atoms with Gasteiger partial charge in [0, 0.05) is 24.5 Å². The quantitative estimate of drug-likeness (QED) is 0.462. The minimum atomic E-state index is 0.0125. The SMILES string of the molecule is CCCCNC(=O)CSc1nnc(-c2ccncc2)n1-c1ccc(C)c(C)c1. The Kier molecular flexibility index (Phi) is 6.81. The van der Waals surface area contributed by atoms with Crippen LogP contribution in [0.2, 0.25) is 0 Å². The summed E-state index contributed by atoms with van der Waals surface area (Å²) in [5.41, 5.74) is 4.33. The summed E-state index contributed by atoms with van der Waals surface area (Å²) in [5, 5.41) is 12.4. The fourth-order valence-corrected chi connectivity index (χ4v) is 3.52. The van der Waals surface area contributed by atoms with Crippen molar-refractivity contribution >= 4 is 17.7 Å². The first kappa shape index (κ1) is 20.1. The minimum Gasteiger partial charge on any atom is -0.355 e. The van der Waals surface area contributed by atoms with Gasteiger partial charge in [-0.1, -0.05) is 31.2 Å². The van der Waals surface area contributed by atoms with Gasteiger partial charge in [0.1, 0.15) is 0 Å². The third kappa shape index (κ3) is 4.78. The number of aromatic nitrogens is 4. The fourth-order valence-electron chi connectivity index (χ4n) is 2.73. The number of hydrogen-bond donors (Lipinski definition) is 1. The molecule has 6 nitrogen and oxygen atoms in total. The van der Waals surface area contributed by atoms with Gasteiger partial charge in [-0.3, -0.25) is 14.3 Å². The van der Waals surface area contributed by atoms with E-state index in [0.717, 1.165) is 29.9 Å². The molecule has 0 spiro atoms. The highest BCUT2D eigenvalue weighted by Crippen LogP contribution is 2.28. The first-order valence-electron chi connectivity index (χ1n) is 9.43. The molecule has 7 heteroatoms. The lowest BCUT2D eigenvalue weighted by atomic mass is 10.1. The van der Waals surface area contributed by atoms with E-state index in [1.54, 1.807) is 12.4 Å². The smallest absolute Gasteiger partial charge is 0.230 e. The van der Waals surface area contributed by atoms with E-state index in [2.05, 4.69) is 59.5 Å². The number of hydrogen-bond acceptors (Lipinski definition) is 5. The van der Waals surface area contributed by atoms with E-state index in [1.165, 1.54) is 22.9 Å². The van der Waals surface area contributed by atoms with Crippen LogP contribution in [0.5, 0.6) is 0 Å². The van der Waals surface area contributed by atoms with Crippen molar-refractivity contribution < 1.29 is 4.79 Å². The number of aryl methyl sites for hydroxylation is 2. The van der Waals surface area contributed by atoms with E-state index in [-0.39, 0.29) is 5.91 Å². The zero-order valence-corrected chi connectivity index (χ0v) is 17.3. The summed E-state index contributed by atoms with van der Waals surface area (Å²) in [5.74, 6) is 1.06. The van der Waals surface area contributed by atoms with Crippen molar-refractivity contribution in [2.24, 2.45) is 0 Å². The lowest BCUT2D eigenvalue weighted by Crippen LogP contribution is -2.26. The molecular weight excluding hydrogens is 370 g/mol. The number of thioether (sulfide) groups is 1. The lowest BCUT2D eigenvalue weighted by Gasteiger charge is -2.12. The van der Waals surface area contributed by atoms with Crippen LogP contribution in [0.15, 0.2) is 47.9 Å². The van der Waals surface area contributed by atoms with E-state index in [9.17, 15) is 4.79 Å².